The van der Waals surface area contributed by atoms with Crippen LogP contribution in [0.2, 0.25) is 5.02 Å². The fourth-order valence-corrected chi connectivity index (χ4v) is 3.13. The third kappa shape index (κ3) is 3.54. The first-order chi connectivity index (χ1) is 13.6. The van der Waals surface area contributed by atoms with Gasteiger partial charge in [-0.2, -0.15) is 14.9 Å². The van der Waals surface area contributed by atoms with Crippen molar-refractivity contribution in [1.29, 1.82) is 0 Å². The summed E-state index contributed by atoms with van der Waals surface area (Å²) in [5, 5.41) is 12.0. The summed E-state index contributed by atoms with van der Waals surface area (Å²) in [6.07, 6.45) is 3.49. The molecule has 0 aliphatic heterocycles. The zero-order chi connectivity index (χ0) is 19.5. The van der Waals surface area contributed by atoms with Crippen LogP contribution in [0.5, 0.6) is 0 Å². The summed E-state index contributed by atoms with van der Waals surface area (Å²) in [4.78, 5) is 12.6. The van der Waals surface area contributed by atoms with E-state index in [1.165, 1.54) is 4.68 Å². The van der Waals surface area contributed by atoms with Gasteiger partial charge in [-0.15, -0.1) is 0 Å². The van der Waals surface area contributed by atoms with Crippen molar-refractivity contribution < 1.29 is 0 Å². The molecule has 0 aliphatic rings. The Morgan fingerprint density at radius 2 is 1.79 bits per heavy atom. The number of nitrogens with zero attached hydrogens (tertiary/aromatic N) is 4. The Hall–Kier alpha value is -3.38. The van der Waals surface area contributed by atoms with Gasteiger partial charge in [0.2, 0.25) is 0 Å². The molecule has 2 heterocycles. The Balaban J connectivity index is 1.60. The summed E-state index contributed by atoms with van der Waals surface area (Å²) in [6, 6.07) is 19.1. The smallest absolute Gasteiger partial charge is 0.292 e. The molecule has 6 nitrogen and oxygen atoms in total. The number of hydrogen-bond acceptors (Lipinski definition) is 4. The van der Waals surface area contributed by atoms with E-state index in [1.807, 2.05) is 66.3 Å². The molecule has 28 heavy (non-hydrogen) atoms. The molecule has 0 spiro atoms. The van der Waals surface area contributed by atoms with E-state index in [-0.39, 0.29) is 10.6 Å². The lowest BCUT2D eigenvalue weighted by Gasteiger charge is -2.13. The molecule has 0 saturated carbocycles. The highest BCUT2D eigenvalue weighted by molar-refractivity contribution is 6.32. The average molecular weight is 392 g/mol. The highest BCUT2D eigenvalue weighted by Gasteiger charge is 2.12. The van der Waals surface area contributed by atoms with Crippen molar-refractivity contribution in [2.24, 2.45) is 0 Å². The minimum Gasteiger partial charge on any atom is -0.378 e. The molecule has 2 aromatic heterocycles. The zero-order valence-corrected chi connectivity index (χ0v) is 16.0. The second-order valence-electron chi connectivity index (χ2n) is 6.31. The van der Waals surface area contributed by atoms with Crippen molar-refractivity contribution >= 4 is 17.3 Å². The zero-order valence-electron chi connectivity index (χ0n) is 15.2. The van der Waals surface area contributed by atoms with E-state index in [2.05, 4.69) is 15.5 Å². The number of anilines is 1. The van der Waals surface area contributed by atoms with Gasteiger partial charge < -0.3 is 5.32 Å². The summed E-state index contributed by atoms with van der Waals surface area (Å²) in [5.41, 5.74) is 3.72. The minimum absolute atomic E-state index is 0.103. The van der Waals surface area contributed by atoms with Gasteiger partial charge in [0.25, 0.3) is 5.56 Å². The molecule has 0 radical (unpaired) electrons. The fourth-order valence-electron chi connectivity index (χ4n) is 2.93. The van der Waals surface area contributed by atoms with Gasteiger partial charge in [0.05, 0.1) is 29.0 Å². The standard InChI is InChI=1S/C21H18ClN5O/c1-15-11-12-26(25-15)19-10-6-5-7-16(19)13-23-18-14-24-27(21(28)20(18)22)17-8-3-2-4-9-17/h2-12,14,23H,13H2,1H3. The quantitative estimate of drug-likeness (QED) is 0.558. The molecule has 0 unspecified atom stereocenters. The van der Waals surface area contributed by atoms with Crippen molar-refractivity contribution in [3.8, 4) is 11.4 Å². The van der Waals surface area contributed by atoms with Crippen LogP contribution in [0, 0.1) is 6.92 Å². The van der Waals surface area contributed by atoms with Gasteiger partial charge >= 0.3 is 0 Å². The Morgan fingerprint density at radius 3 is 2.54 bits per heavy atom. The van der Waals surface area contributed by atoms with Crippen molar-refractivity contribution in [1.82, 2.24) is 19.6 Å². The number of hydrogen-bond donors (Lipinski definition) is 1. The molecule has 0 aliphatic carbocycles. The molecular formula is C21H18ClN5O. The van der Waals surface area contributed by atoms with E-state index in [4.69, 9.17) is 11.6 Å². The molecule has 0 amide bonds. The van der Waals surface area contributed by atoms with E-state index in [9.17, 15) is 4.79 Å². The largest absolute Gasteiger partial charge is 0.378 e. The summed E-state index contributed by atoms with van der Waals surface area (Å²) in [5.74, 6) is 0. The lowest BCUT2D eigenvalue weighted by atomic mass is 10.1. The van der Waals surface area contributed by atoms with E-state index in [0.29, 0.717) is 17.9 Å². The van der Waals surface area contributed by atoms with Crippen molar-refractivity contribution in [2.45, 2.75) is 13.5 Å². The second kappa shape index (κ2) is 7.70. The predicted octanol–water partition coefficient (Wildman–Crippen LogP) is 3.99. The highest BCUT2D eigenvalue weighted by atomic mass is 35.5. The molecule has 1 N–H and O–H groups in total. The number of halogens is 1. The van der Waals surface area contributed by atoms with Crippen molar-refractivity contribution in [2.75, 3.05) is 5.32 Å². The van der Waals surface area contributed by atoms with Gasteiger partial charge in [-0.3, -0.25) is 4.79 Å². The van der Waals surface area contributed by atoms with Crippen LogP contribution in [0.1, 0.15) is 11.3 Å². The number of aromatic nitrogens is 4. The monoisotopic (exact) mass is 391 g/mol. The summed E-state index contributed by atoms with van der Waals surface area (Å²) >= 11 is 6.32. The Bertz CT molecular complexity index is 1170. The van der Waals surface area contributed by atoms with Crippen LogP contribution >= 0.6 is 11.6 Å². The number of rotatable bonds is 5. The third-order valence-corrected chi connectivity index (χ3v) is 4.72. The van der Waals surface area contributed by atoms with Crippen LogP contribution in [0.25, 0.3) is 11.4 Å². The lowest BCUT2D eigenvalue weighted by molar-refractivity contribution is 0.806. The molecular weight excluding hydrogens is 374 g/mol. The molecule has 0 bridgehead atoms. The molecule has 7 heteroatoms. The van der Waals surface area contributed by atoms with Gasteiger partial charge in [0.15, 0.2) is 0 Å². The first-order valence-corrected chi connectivity index (χ1v) is 9.19. The Morgan fingerprint density at radius 1 is 1.04 bits per heavy atom. The third-order valence-electron chi connectivity index (χ3n) is 4.35. The van der Waals surface area contributed by atoms with Gasteiger partial charge in [0, 0.05) is 12.7 Å². The maximum atomic E-state index is 12.6. The fraction of sp³-hybridized carbons (Fsp3) is 0.0952. The van der Waals surface area contributed by atoms with Crippen molar-refractivity contribution in [3.63, 3.8) is 0 Å². The predicted molar refractivity (Wildman–Crippen MR) is 110 cm³/mol. The molecule has 140 valence electrons. The van der Waals surface area contributed by atoms with E-state index < -0.39 is 0 Å². The summed E-state index contributed by atoms with van der Waals surface area (Å²) in [7, 11) is 0. The maximum Gasteiger partial charge on any atom is 0.292 e. The van der Waals surface area contributed by atoms with Gasteiger partial charge in [-0.05, 0) is 36.8 Å². The van der Waals surface area contributed by atoms with Crippen LogP contribution in [-0.4, -0.2) is 19.6 Å². The SMILES string of the molecule is Cc1ccn(-c2ccccc2CNc2cnn(-c3ccccc3)c(=O)c2Cl)n1. The summed E-state index contributed by atoms with van der Waals surface area (Å²) < 4.78 is 3.12. The Labute approximate surface area is 167 Å². The second-order valence-corrected chi connectivity index (χ2v) is 6.69. The molecule has 0 fully saturated rings. The molecule has 0 saturated heterocycles. The average Bonchev–Trinajstić information content (AvgIpc) is 3.16. The maximum absolute atomic E-state index is 12.6. The summed E-state index contributed by atoms with van der Waals surface area (Å²) in [6.45, 7) is 2.43. The van der Waals surface area contributed by atoms with Crippen LogP contribution < -0.4 is 10.9 Å². The number of aryl methyl sites for hydroxylation is 1. The van der Waals surface area contributed by atoms with Crippen LogP contribution in [0.4, 0.5) is 5.69 Å². The Kier molecular flexibility index (Phi) is 4.95. The number of benzene rings is 2. The number of nitrogens with one attached hydrogen (secondary N) is 1. The molecule has 4 rings (SSSR count). The van der Waals surface area contributed by atoms with Gasteiger partial charge in [0.1, 0.15) is 5.02 Å². The van der Waals surface area contributed by atoms with E-state index in [0.717, 1.165) is 16.9 Å². The molecule has 2 aromatic carbocycles. The highest BCUT2D eigenvalue weighted by Crippen LogP contribution is 2.20. The first kappa shape index (κ1) is 18.0. The lowest BCUT2D eigenvalue weighted by Crippen LogP contribution is -2.22. The van der Waals surface area contributed by atoms with Crippen molar-refractivity contribution in [3.05, 3.63) is 99.7 Å². The van der Waals surface area contributed by atoms with Gasteiger partial charge in [-0.25, -0.2) is 4.68 Å². The topological polar surface area (TPSA) is 64.7 Å². The van der Waals surface area contributed by atoms with E-state index in [1.54, 1.807) is 18.3 Å². The normalized spacial score (nSPS) is 10.8. The van der Waals surface area contributed by atoms with Crippen LogP contribution in [0.3, 0.4) is 0 Å². The van der Waals surface area contributed by atoms with Gasteiger partial charge in [-0.1, -0.05) is 48.0 Å². The minimum atomic E-state index is -0.367. The number of para-hydroxylation sites is 2. The van der Waals surface area contributed by atoms with Crippen LogP contribution in [0.15, 0.2) is 77.9 Å². The molecule has 0 atom stereocenters. The van der Waals surface area contributed by atoms with Crippen LogP contribution in [-0.2, 0) is 6.54 Å². The first-order valence-electron chi connectivity index (χ1n) is 8.81. The molecule has 4 aromatic rings. The van der Waals surface area contributed by atoms with E-state index >= 15 is 0 Å².